The Kier molecular flexibility index (Phi) is 4.29. The summed E-state index contributed by atoms with van der Waals surface area (Å²) in [5, 5.41) is 0. The van der Waals surface area contributed by atoms with Crippen LogP contribution >= 0.6 is 0 Å². The first-order valence-corrected chi connectivity index (χ1v) is 9.75. The zero-order chi connectivity index (χ0) is 17.4. The van der Waals surface area contributed by atoms with Crippen LogP contribution < -0.4 is 9.80 Å². The molecule has 0 N–H and O–H groups in total. The first-order chi connectivity index (χ1) is 12.1. The fourth-order valence-electron chi connectivity index (χ4n) is 4.59. The van der Waals surface area contributed by atoms with E-state index in [0.717, 1.165) is 75.9 Å². The molecule has 0 bridgehead atoms. The van der Waals surface area contributed by atoms with Crippen LogP contribution in [-0.4, -0.2) is 60.5 Å². The summed E-state index contributed by atoms with van der Waals surface area (Å²) in [7, 11) is 1.94. The Morgan fingerprint density at radius 1 is 1.04 bits per heavy atom. The molecule has 3 aliphatic rings. The van der Waals surface area contributed by atoms with E-state index < -0.39 is 0 Å². The number of carbonyl (C=O) groups is 1. The zero-order valence-corrected chi connectivity index (χ0v) is 15.5. The molecule has 1 atom stereocenters. The lowest BCUT2D eigenvalue weighted by molar-refractivity contribution is -0.143. The number of hydrogen-bond acceptors (Lipinski definition) is 5. The van der Waals surface area contributed by atoms with Crippen molar-refractivity contribution in [2.75, 3.05) is 49.6 Å². The highest BCUT2D eigenvalue weighted by Crippen LogP contribution is 2.41. The van der Waals surface area contributed by atoms with Crippen molar-refractivity contribution in [1.82, 2.24) is 14.9 Å². The minimum Gasteiger partial charge on any atom is -0.355 e. The second kappa shape index (κ2) is 6.46. The topological polar surface area (TPSA) is 52.6 Å². The minimum absolute atomic E-state index is 0.196. The van der Waals surface area contributed by atoms with Crippen LogP contribution in [0.2, 0.25) is 0 Å². The number of carbonyl (C=O) groups excluding carboxylic acids is 1. The average molecular weight is 343 g/mol. The van der Waals surface area contributed by atoms with Gasteiger partial charge in [0.25, 0.3) is 0 Å². The summed E-state index contributed by atoms with van der Waals surface area (Å²) in [6.07, 6.45) is 6.43. The number of piperidine rings is 1. The molecule has 1 unspecified atom stereocenters. The number of aromatic nitrogens is 2. The Morgan fingerprint density at radius 2 is 1.84 bits per heavy atom. The normalized spacial score (nSPS) is 27.0. The maximum Gasteiger partial charge on any atom is 0.230 e. The van der Waals surface area contributed by atoms with Crippen molar-refractivity contribution in [2.45, 2.75) is 45.4 Å². The summed E-state index contributed by atoms with van der Waals surface area (Å²) in [6.45, 7) is 6.87. The van der Waals surface area contributed by atoms with Crippen LogP contribution in [0.25, 0.3) is 0 Å². The predicted molar refractivity (Wildman–Crippen MR) is 99.0 cm³/mol. The Labute approximate surface area is 150 Å². The van der Waals surface area contributed by atoms with E-state index in [1.54, 1.807) is 0 Å². The second-order valence-corrected chi connectivity index (χ2v) is 7.85. The van der Waals surface area contributed by atoms with E-state index >= 15 is 0 Å². The molecule has 6 nitrogen and oxygen atoms in total. The molecule has 3 fully saturated rings. The number of hydrogen-bond donors (Lipinski definition) is 0. The number of rotatable bonds is 3. The van der Waals surface area contributed by atoms with Gasteiger partial charge in [0.1, 0.15) is 5.82 Å². The van der Waals surface area contributed by atoms with Crippen LogP contribution in [0.5, 0.6) is 0 Å². The number of likely N-dealkylation sites (tertiary alicyclic amines) is 1. The SMILES string of the molecule is CCc1cc(N2CCC3(CCCN(C)C3=O)C2)nc(N2CCCC2)n1. The van der Waals surface area contributed by atoms with Gasteiger partial charge in [0.2, 0.25) is 11.9 Å². The second-order valence-electron chi connectivity index (χ2n) is 7.85. The number of amides is 1. The molecule has 136 valence electrons. The molecule has 25 heavy (non-hydrogen) atoms. The highest BCUT2D eigenvalue weighted by atomic mass is 16.2. The summed E-state index contributed by atoms with van der Waals surface area (Å²) in [6, 6.07) is 2.12. The van der Waals surface area contributed by atoms with Gasteiger partial charge in [-0.3, -0.25) is 4.79 Å². The molecule has 1 aromatic heterocycles. The highest BCUT2D eigenvalue weighted by Gasteiger charge is 2.47. The van der Waals surface area contributed by atoms with Crippen molar-refractivity contribution in [3.05, 3.63) is 11.8 Å². The minimum atomic E-state index is -0.196. The first kappa shape index (κ1) is 16.6. The van der Waals surface area contributed by atoms with Crippen molar-refractivity contribution < 1.29 is 4.79 Å². The molecule has 6 heteroatoms. The number of nitrogens with zero attached hydrogens (tertiary/aromatic N) is 5. The fraction of sp³-hybridized carbons (Fsp3) is 0.737. The van der Waals surface area contributed by atoms with Gasteiger partial charge in [0, 0.05) is 51.5 Å². The quantitative estimate of drug-likeness (QED) is 0.841. The summed E-state index contributed by atoms with van der Waals surface area (Å²) in [4.78, 5) is 28.9. The van der Waals surface area contributed by atoms with Gasteiger partial charge in [-0.05, 0) is 38.5 Å². The van der Waals surface area contributed by atoms with Crippen LogP contribution in [-0.2, 0) is 11.2 Å². The Morgan fingerprint density at radius 3 is 2.60 bits per heavy atom. The smallest absolute Gasteiger partial charge is 0.230 e. The van der Waals surface area contributed by atoms with Gasteiger partial charge in [-0.1, -0.05) is 6.92 Å². The Bertz CT molecular complexity index is 657. The largest absolute Gasteiger partial charge is 0.355 e. The predicted octanol–water partition coefficient (Wildman–Crippen LogP) is 2.09. The molecule has 1 spiro atoms. The van der Waals surface area contributed by atoms with E-state index in [0.29, 0.717) is 5.91 Å². The lowest BCUT2D eigenvalue weighted by atomic mass is 9.78. The first-order valence-electron chi connectivity index (χ1n) is 9.75. The maximum absolute atomic E-state index is 12.8. The van der Waals surface area contributed by atoms with E-state index in [1.807, 2.05) is 11.9 Å². The maximum atomic E-state index is 12.8. The third-order valence-electron chi connectivity index (χ3n) is 6.13. The zero-order valence-electron chi connectivity index (χ0n) is 15.5. The Balaban J connectivity index is 1.59. The standard InChI is InChI=1S/C19H29N5O/c1-3-15-13-16(21-18(20-15)23-10-4-5-11-23)24-12-8-19(14-24)7-6-9-22(2)17(19)25/h13H,3-12,14H2,1-2H3. The monoisotopic (exact) mass is 343 g/mol. The number of aryl methyl sites for hydroxylation is 1. The number of anilines is 2. The van der Waals surface area contributed by atoms with Crippen molar-refractivity contribution in [3.63, 3.8) is 0 Å². The van der Waals surface area contributed by atoms with Crippen LogP contribution in [0.4, 0.5) is 11.8 Å². The van der Waals surface area contributed by atoms with E-state index in [-0.39, 0.29) is 5.41 Å². The van der Waals surface area contributed by atoms with Crippen LogP contribution in [0.3, 0.4) is 0 Å². The molecular formula is C19H29N5O. The molecule has 0 radical (unpaired) electrons. The molecule has 4 heterocycles. The molecular weight excluding hydrogens is 314 g/mol. The molecule has 0 aromatic carbocycles. The van der Waals surface area contributed by atoms with Crippen molar-refractivity contribution in [2.24, 2.45) is 5.41 Å². The van der Waals surface area contributed by atoms with Crippen molar-refractivity contribution >= 4 is 17.7 Å². The van der Waals surface area contributed by atoms with E-state index in [9.17, 15) is 4.79 Å². The van der Waals surface area contributed by atoms with Crippen molar-refractivity contribution in [3.8, 4) is 0 Å². The van der Waals surface area contributed by atoms with Crippen LogP contribution in [0, 0.1) is 5.41 Å². The van der Waals surface area contributed by atoms with Gasteiger partial charge >= 0.3 is 0 Å². The van der Waals surface area contributed by atoms with Crippen molar-refractivity contribution in [1.29, 1.82) is 0 Å². The third kappa shape index (κ3) is 2.96. The molecule has 4 rings (SSSR count). The molecule has 3 saturated heterocycles. The summed E-state index contributed by atoms with van der Waals surface area (Å²) in [5.41, 5.74) is 0.901. The van der Waals surface area contributed by atoms with Gasteiger partial charge in [-0.25, -0.2) is 4.98 Å². The van der Waals surface area contributed by atoms with E-state index in [1.165, 1.54) is 12.8 Å². The summed E-state index contributed by atoms with van der Waals surface area (Å²) in [5.74, 6) is 2.21. The average Bonchev–Trinajstić information content (AvgIpc) is 3.30. The van der Waals surface area contributed by atoms with Crippen LogP contribution in [0.15, 0.2) is 6.07 Å². The molecule has 3 aliphatic heterocycles. The van der Waals surface area contributed by atoms with Gasteiger partial charge in [-0.15, -0.1) is 0 Å². The Hall–Kier alpha value is -1.85. The molecule has 1 aromatic rings. The van der Waals surface area contributed by atoms with Gasteiger partial charge < -0.3 is 14.7 Å². The van der Waals surface area contributed by atoms with E-state index in [2.05, 4.69) is 22.8 Å². The van der Waals surface area contributed by atoms with Crippen LogP contribution in [0.1, 0.15) is 44.7 Å². The third-order valence-corrected chi connectivity index (χ3v) is 6.13. The molecule has 1 amide bonds. The van der Waals surface area contributed by atoms with Gasteiger partial charge in [0.15, 0.2) is 0 Å². The highest BCUT2D eigenvalue weighted by molar-refractivity contribution is 5.84. The lowest BCUT2D eigenvalue weighted by Gasteiger charge is -2.37. The molecule has 0 saturated carbocycles. The van der Waals surface area contributed by atoms with Gasteiger partial charge in [-0.2, -0.15) is 4.98 Å². The summed E-state index contributed by atoms with van der Waals surface area (Å²) >= 11 is 0. The summed E-state index contributed by atoms with van der Waals surface area (Å²) < 4.78 is 0. The molecule has 0 aliphatic carbocycles. The van der Waals surface area contributed by atoms with E-state index in [4.69, 9.17) is 9.97 Å². The lowest BCUT2D eigenvalue weighted by Crippen LogP contribution is -2.48. The van der Waals surface area contributed by atoms with Gasteiger partial charge in [0.05, 0.1) is 5.41 Å². The fourth-order valence-corrected chi connectivity index (χ4v) is 4.59.